The second kappa shape index (κ2) is 4.45. The van der Waals surface area contributed by atoms with Gasteiger partial charge >= 0.3 is 0 Å². The van der Waals surface area contributed by atoms with Crippen LogP contribution in [-0.4, -0.2) is 16.2 Å². The quantitative estimate of drug-likeness (QED) is 0.765. The van der Waals surface area contributed by atoms with E-state index >= 15 is 0 Å². The molecule has 0 unspecified atom stereocenters. The predicted molar refractivity (Wildman–Crippen MR) is 60.7 cm³/mol. The number of rotatable bonds is 4. The molecule has 0 amide bonds. The summed E-state index contributed by atoms with van der Waals surface area (Å²) in [6.45, 7) is 6.39. The number of imidazole rings is 1. The van der Waals surface area contributed by atoms with Gasteiger partial charge in [0.1, 0.15) is 12.4 Å². The second-order valence-electron chi connectivity index (χ2n) is 3.40. The molecule has 0 radical (unpaired) electrons. The van der Waals surface area contributed by atoms with Crippen LogP contribution in [0.3, 0.4) is 0 Å². The lowest BCUT2D eigenvalue weighted by Gasteiger charge is -2.05. The summed E-state index contributed by atoms with van der Waals surface area (Å²) in [6.07, 6.45) is 0. The van der Waals surface area contributed by atoms with Crippen molar-refractivity contribution >= 4 is 11.0 Å². The van der Waals surface area contributed by atoms with E-state index in [4.69, 9.17) is 4.74 Å². The zero-order valence-electron chi connectivity index (χ0n) is 9.23. The summed E-state index contributed by atoms with van der Waals surface area (Å²) >= 11 is 0. The molecule has 2 rings (SSSR count). The molecule has 0 saturated carbocycles. The Morgan fingerprint density at radius 3 is 2.80 bits per heavy atom. The average molecular weight is 204 g/mol. The van der Waals surface area contributed by atoms with E-state index in [9.17, 15) is 0 Å². The van der Waals surface area contributed by atoms with E-state index in [2.05, 4.69) is 22.5 Å². The van der Waals surface area contributed by atoms with Gasteiger partial charge in [-0.25, -0.2) is 4.98 Å². The largest absolute Gasteiger partial charge is 0.374 e. The molecule has 0 spiro atoms. The van der Waals surface area contributed by atoms with Crippen LogP contribution in [0.1, 0.15) is 19.7 Å². The molecule has 0 bridgehead atoms. The molecule has 1 heterocycles. The highest BCUT2D eigenvalue weighted by Crippen LogP contribution is 2.16. The van der Waals surface area contributed by atoms with E-state index in [0.29, 0.717) is 6.61 Å². The Labute approximate surface area is 89.7 Å². The highest BCUT2D eigenvalue weighted by Gasteiger charge is 2.07. The fourth-order valence-corrected chi connectivity index (χ4v) is 1.78. The van der Waals surface area contributed by atoms with Gasteiger partial charge in [-0.15, -0.1) is 0 Å². The van der Waals surface area contributed by atoms with E-state index in [0.717, 1.165) is 24.5 Å². The Bertz CT molecular complexity index is 448. The average Bonchev–Trinajstić information content (AvgIpc) is 2.63. The van der Waals surface area contributed by atoms with Crippen LogP contribution in [0, 0.1) is 0 Å². The van der Waals surface area contributed by atoms with Crippen LogP contribution in [0.15, 0.2) is 24.3 Å². The summed E-state index contributed by atoms with van der Waals surface area (Å²) in [5.41, 5.74) is 2.24. The predicted octanol–water partition coefficient (Wildman–Crippen LogP) is 2.59. The number of nitrogens with zero attached hydrogens (tertiary/aromatic N) is 2. The minimum absolute atomic E-state index is 0.596. The van der Waals surface area contributed by atoms with E-state index < -0.39 is 0 Å². The van der Waals surface area contributed by atoms with Crippen molar-refractivity contribution in [1.82, 2.24) is 9.55 Å². The molecule has 1 aromatic carbocycles. The number of ether oxygens (including phenoxy) is 1. The van der Waals surface area contributed by atoms with Crippen LogP contribution in [0.25, 0.3) is 11.0 Å². The van der Waals surface area contributed by atoms with Crippen LogP contribution in [0.5, 0.6) is 0 Å². The summed E-state index contributed by atoms with van der Waals surface area (Å²) in [7, 11) is 0. The third-order valence-corrected chi connectivity index (χ3v) is 2.49. The molecule has 3 nitrogen and oxygen atoms in total. The van der Waals surface area contributed by atoms with Gasteiger partial charge in [-0.3, -0.25) is 0 Å². The van der Waals surface area contributed by atoms with Crippen molar-refractivity contribution < 1.29 is 4.74 Å². The maximum Gasteiger partial charge on any atom is 0.135 e. The Balaban J connectivity index is 2.44. The number of hydrogen-bond donors (Lipinski definition) is 0. The monoisotopic (exact) mass is 204 g/mol. The summed E-state index contributed by atoms with van der Waals surface area (Å²) in [4.78, 5) is 4.56. The van der Waals surface area contributed by atoms with Gasteiger partial charge in [-0.2, -0.15) is 0 Å². The molecular weight excluding hydrogens is 188 g/mol. The van der Waals surface area contributed by atoms with Gasteiger partial charge in [0.15, 0.2) is 0 Å². The zero-order chi connectivity index (χ0) is 10.7. The van der Waals surface area contributed by atoms with Crippen LogP contribution >= 0.6 is 0 Å². The van der Waals surface area contributed by atoms with Crippen molar-refractivity contribution in [1.29, 1.82) is 0 Å². The third kappa shape index (κ3) is 1.88. The van der Waals surface area contributed by atoms with Crippen LogP contribution in [0.4, 0.5) is 0 Å². The number of hydrogen-bond acceptors (Lipinski definition) is 2. The van der Waals surface area contributed by atoms with Crippen molar-refractivity contribution in [2.75, 3.05) is 6.61 Å². The number of fused-ring (bicyclic) bond motifs is 1. The van der Waals surface area contributed by atoms with Crippen molar-refractivity contribution in [2.24, 2.45) is 0 Å². The van der Waals surface area contributed by atoms with Crippen LogP contribution in [-0.2, 0) is 17.9 Å². The number of aromatic nitrogens is 2. The van der Waals surface area contributed by atoms with Crippen molar-refractivity contribution in [2.45, 2.75) is 27.0 Å². The van der Waals surface area contributed by atoms with E-state index in [1.54, 1.807) is 0 Å². The second-order valence-corrected chi connectivity index (χ2v) is 3.40. The van der Waals surface area contributed by atoms with Gasteiger partial charge in [-0.05, 0) is 26.0 Å². The molecule has 0 aliphatic rings. The molecule has 0 aliphatic carbocycles. The molecule has 0 aliphatic heterocycles. The van der Waals surface area contributed by atoms with Crippen molar-refractivity contribution in [3.8, 4) is 0 Å². The van der Waals surface area contributed by atoms with E-state index in [1.807, 2.05) is 25.1 Å². The fraction of sp³-hybridized carbons (Fsp3) is 0.417. The van der Waals surface area contributed by atoms with Crippen LogP contribution < -0.4 is 0 Å². The van der Waals surface area contributed by atoms with Crippen molar-refractivity contribution in [3.05, 3.63) is 30.1 Å². The first-order valence-corrected chi connectivity index (χ1v) is 5.38. The lowest BCUT2D eigenvalue weighted by Crippen LogP contribution is -2.03. The van der Waals surface area contributed by atoms with Gasteiger partial charge in [0, 0.05) is 13.2 Å². The summed E-state index contributed by atoms with van der Waals surface area (Å²) < 4.78 is 7.61. The Hall–Kier alpha value is -1.35. The molecule has 1 aromatic heterocycles. The fourth-order valence-electron chi connectivity index (χ4n) is 1.78. The first kappa shape index (κ1) is 10.2. The molecule has 3 heteroatoms. The number of benzene rings is 1. The number of para-hydroxylation sites is 2. The molecular formula is C12H16N2O. The van der Waals surface area contributed by atoms with E-state index in [1.165, 1.54) is 5.52 Å². The van der Waals surface area contributed by atoms with Gasteiger partial charge in [0.25, 0.3) is 0 Å². The normalized spacial score (nSPS) is 11.1. The lowest BCUT2D eigenvalue weighted by molar-refractivity contribution is 0.126. The molecule has 15 heavy (non-hydrogen) atoms. The SMILES string of the molecule is CCOCc1nc2ccccc2n1CC. The van der Waals surface area contributed by atoms with Crippen molar-refractivity contribution in [3.63, 3.8) is 0 Å². The van der Waals surface area contributed by atoms with Gasteiger partial charge in [-0.1, -0.05) is 12.1 Å². The summed E-state index contributed by atoms with van der Waals surface area (Å²) in [6, 6.07) is 8.19. The summed E-state index contributed by atoms with van der Waals surface area (Å²) in [5.74, 6) is 1.01. The minimum Gasteiger partial charge on any atom is -0.374 e. The van der Waals surface area contributed by atoms with Gasteiger partial charge in [0.2, 0.25) is 0 Å². The number of aryl methyl sites for hydroxylation is 1. The Morgan fingerprint density at radius 1 is 1.27 bits per heavy atom. The maximum atomic E-state index is 5.41. The Morgan fingerprint density at radius 2 is 2.07 bits per heavy atom. The molecule has 80 valence electrons. The molecule has 0 N–H and O–H groups in total. The minimum atomic E-state index is 0.596. The van der Waals surface area contributed by atoms with Crippen LogP contribution in [0.2, 0.25) is 0 Å². The molecule has 0 atom stereocenters. The first-order chi connectivity index (χ1) is 7.36. The first-order valence-electron chi connectivity index (χ1n) is 5.38. The van der Waals surface area contributed by atoms with Gasteiger partial charge < -0.3 is 9.30 Å². The highest BCUT2D eigenvalue weighted by atomic mass is 16.5. The standard InChI is InChI=1S/C12H16N2O/c1-3-14-11-8-6-5-7-10(11)13-12(14)9-15-4-2/h5-8H,3-4,9H2,1-2H3. The highest BCUT2D eigenvalue weighted by molar-refractivity contribution is 5.75. The molecule has 0 fully saturated rings. The molecule has 2 aromatic rings. The Kier molecular flexibility index (Phi) is 3.02. The third-order valence-electron chi connectivity index (χ3n) is 2.49. The maximum absolute atomic E-state index is 5.41. The molecule has 0 saturated heterocycles. The van der Waals surface area contributed by atoms with E-state index in [-0.39, 0.29) is 0 Å². The van der Waals surface area contributed by atoms with Gasteiger partial charge in [0.05, 0.1) is 11.0 Å². The summed E-state index contributed by atoms with van der Waals surface area (Å²) in [5, 5.41) is 0. The zero-order valence-corrected chi connectivity index (χ0v) is 9.23. The smallest absolute Gasteiger partial charge is 0.135 e. The lowest BCUT2D eigenvalue weighted by atomic mass is 10.3. The topological polar surface area (TPSA) is 27.1 Å².